The van der Waals surface area contributed by atoms with Gasteiger partial charge in [0.05, 0.1) is 6.54 Å². The van der Waals surface area contributed by atoms with Gasteiger partial charge in [-0.05, 0) is 24.3 Å². The lowest BCUT2D eigenvalue weighted by molar-refractivity contribution is -0.144. The van der Waals surface area contributed by atoms with E-state index in [1.165, 1.54) is 4.90 Å². The fourth-order valence-corrected chi connectivity index (χ4v) is 3.14. The minimum Gasteiger partial charge on any atom is -0.480 e. The van der Waals surface area contributed by atoms with Crippen molar-refractivity contribution in [3.63, 3.8) is 0 Å². The third-order valence-corrected chi connectivity index (χ3v) is 4.39. The van der Waals surface area contributed by atoms with Crippen molar-refractivity contribution < 1.29 is 14.7 Å². The summed E-state index contributed by atoms with van der Waals surface area (Å²) in [5, 5.41) is 14.0. The van der Waals surface area contributed by atoms with Gasteiger partial charge in [0.25, 0.3) is 0 Å². The summed E-state index contributed by atoms with van der Waals surface area (Å²) in [4.78, 5) is 26.1. The summed E-state index contributed by atoms with van der Waals surface area (Å²) in [6.45, 7) is 0.499. The number of nitrogens with zero attached hydrogens (tertiary/aromatic N) is 1. The normalized spacial score (nSPS) is 17.1. The first-order valence-electron chi connectivity index (χ1n) is 6.32. The predicted octanol–water partition coefficient (Wildman–Crippen LogP) is 2.29. The van der Waals surface area contributed by atoms with Crippen LogP contribution in [0.25, 0.3) is 0 Å². The highest BCUT2D eigenvalue weighted by Gasteiger charge is 2.43. The molecule has 2 amide bonds. The number of hydrogen-bond acceptors (Lipinski definition) is 3. The van der Waals surface area contributed by atoms with Crippen molar-refractivity contribution in [3.05, 3.63) is 22.4 Å². The molecule has 6 heteroatoms. The number of carboxylic acids is 1. The summed E-state index contributed by atoms with van der Waals surface area (Å²) in [6, 6.07) is 3.57. The Kier molecular flexibility index (Phi) is 4.09. The highest BCUT2D eigenvalue weighted by Crippen LogP contribution is 2.30. The topological polar surface area (TPSA) is 69.6 Å². The minimum absolute atomic E-state index is 0.322. The lowest BCUT2D eigenvalue weighted by Gasteiger charge is -2.28. The maximum absolute atomic E-state index is 12.1. The lowest BCUT2D eigenvalue weighted by atomic mass is 9.98. The molecule has 1 aromatic rings. The number of nitrogens with one attached hydrogen (secondary N) is 1. The number of urea groups is 1. The molecule has 1 saturated carbocycles. The van der Waals surface area contributed by atoms with Gasteiger partial charge in [-0.15, -0.1) is 11.3 Å². The van der Waals surface area contributed by atoms with Gasteiger partial charge in [0.2, 0.25) is 0 Å². The molecule has 0 unspecified atom stereocenters. The summed E-state index contributed by atoms with van der Waals surface area (Å²) in [5.74, 6) is -0.928. The molecule has 2 rings (SSSR count). The minimum atomic E-state index is -1.07. The Balaban J connectivity index is 1.97. The van der Waals surface area contributed by atoms with E-state index in [2.05, 4.69) is 5.32 Å². The molecule has 0 saturated heterocycles. The average molecular weight is 282 g/mol. The molecule has 0 aromatic carbocycles. The van der Waals surface area contributed by atoms with Gasteiger partial charge in [-0.1, -0.05) is 18.9 Å². The van der Waals surface area contributed by atoms with Crippen LogP contribution in [0.15, 0.2) is 17.5 Å². The Morgan fingerprint density at radius 2 is 2.16 bits per heavy atom. The standard InChI is InChI=1S/C13H18N2O3S/c1-15(9-10-5-4-8-19-10)12(18)14-13(11(16)17)6-2-3-7-13/h4-5,8H,2-3,6-7,9H2,1H3,(H,14,18)(H,16,17). The number of hydrogen-bond donors (Lipinski definition) is 2. The van der Waals surface area contributed by atoms with Gasteiger partial charge >= 0.3 is 12.0 Å². The SMILES string of the molecule is CN(Cc1cccs1)C(=O)NC1(C(=O)O)CCCC1. The number of carbonyl (C=O) groups excluding carboxylic acids is 1. The molecule has 1 heterocycles. The van der Waals surface area contributed by atoms with E-state index in [9.17, 15) is 14.7 Å². The van der Waals surface area contributed by atoms with Crippen LogP contribution in [-0.2, 0) is 11.3 Å². The van der Waals surface area contributed by atoms with Crippen LogP contribution in [0, 0.1) is 0 Å². The summed E-state index contributed by atoms with van der Waals surface area (Å²) in [6.07, 6.45) is 2.73. The molecule has 0 atom stereocenters. The van der Waals surface area contributed by atoms with Crippen LogP contribution in [0.5, 0.6) is 0 Å². The Labute approximate surface area is 116 Å². The number of rotatable bonds is 4. The zero-order valence-corrected chi connectivity index (χ0v) is 11.7. The third kappa shape index (κ3) is 3.07. The van der Waals surface area contributed by atoms with E-state index in [1.54, 1.807) is 18.4 Å². The monoisotopic (exact) mass is 282 g/mol. The lowest BCUT2D eigenvalue weighted by Crippen LogP contribution is -2.55. The van der Waals surface area contributed by atoms with Crippen LogP contribution < -0.4 is 5.32 Å². The van der Waals surface area contributed by atoms with Gasteiger partial charge in [0, 0.05) is 11.9 Å². The molecule has 1 aliphatic rings. The maximum atomic E-state index is 12.1. The third-order valence-electron chi connectivity index (χ3n) is 3.53. The molecule has 104 valence electrons. The molecule has 1 aromatic heterocycles. The van der Waals surface area contributed by atoms with Crippen molar-refractivity contribution in [2.24, 2.45) is 0 Å². The van der Waals surface area contributed by atoms with Gasteiger partial charge in [0.1, 0.15) is 5.54 Å². The molecule has 5 nitrogen and oxygen atoms in total. The predicted molar refractivity (Wildman–Crippen MR) is 73.2 cm³/mol. The average Bonchev–Trinajstić information content (AvgIpc) is 3.00. The molecule has 1 fully saturated rings. The molecule has 0 spiro atoms. The Morgan fingerprint density at radius 1 is 1.47 bits per heavy atom. The van der Waals surface area contributed by atoms with Crippen molar-refractivity contribution in [3.8, 4) is 0 Å². The second kappa shape index (κ2) is 5.61. The van der Waals surface area contributed by atoms with Crippen LogP contribution in [0.1, 0.15) is 30.6 Å². The van der Waals surface area contributed by atoms with Crippen molar-refractivity contribution in [1.29, 1.82) is 0 Å². The van der Waals surface area contributed by atoms with Crippen molar-refractivity contribution >= 4 is 23.3 Å². The summed E-state index contributed by atoms with van der Waals surface area (Å²) in [7, 11) is 1.68. The maximum Gasteiger partial charge on any atom is 0.329 e. The Hall–Kier alpha value is -1.56. The summed E-state index contributed by atoms with van der Waals surface area (Å²) in [5.41, 5.74) is -1.07. The van der Waals surface area contributed by atoms with E-state index in [1.807, 2.05) is 17.5 Å². The Morgan fingerprint density at radius 3 is 2.68 bits per heavy atom. The van der Waals surface area contributed by atoms with E-state index in [0.29, 0.717) is 19.4 Å². The second-order valence-electron chi connectivity index (χ2n) is 4.96. The highest BCUT2D eigenvalue weighted by molar-refractivity contribution is 7.09. The summed E-state index contributed by atoms with van der Waals surface area (Å²) >= 11 is 1.58. The van der Waals surface area contributed by atoms with Gasteiger partial charge in [0.15, 0.2) is 0 Å². The molecular weight excluding hydrogens is 264 g/mol. The molecular formula is C13H18N2O3S. The van der Waals surface area contributed by atoms with Crippen molar-refractivity contribution in [2.75, 3.05) is 7.05 Å². The van der Waals surface area contributed by atoms with Gasteiger partial charge in [-0.3, -0.25) is 0 Å². The molecule has 0 radical (unpaired) electrons. The van der Waals surface area contributed by atoms with Crippen LogP contribution in [0.3, 0.4) is 0 Å². The zero-order chi connectivity index (χ0) is 13.9. The molecule has 0 bridgehead atoms. The molecule has 1 aliphatic carbocycles. The van der Waals surface area contributed by atoms with Crippen LogP contribution in [-0.4, -0.2) is 34.6 Å². The smallest absolute Gasteiger partial charge is 0.329 e. The van der Waals surface area contributed by atoms with E-state index in [0.717, 1.165) is 17.7 Å². The van der Waals surface area contributed by atoms with Crippen molar-refractivity contribution in [1.82, 2.24) is 10.2 Å². The number of carboxylic acid groups (broad SMARTS) is 1. The largest absolute Gasteiger partial charge is 0.480 e. The van der Waals surface area contributed by atoms with E-state index >= 15 is 0 Å². The first-order chi connectivity index (χ1) is 9.03. The number of aliphatic carboxylic acids is 1. The van der Waals surface area contributed by atoms with Crippen LogP contribution in [0.2, 0.25) is 0 Å². The first-order valence-corrected chi connectivity index (χ1v) is 7.20. The van der Waals surface area contributed by atoms with E-state index in [4.69, 9.17) is 0 Å². The highest BCUT2D eigenvalue weighted by atomic mass is 32.1. The van der Waals surface area contributed by atoms with Gasteiger partial charge < -0.3 is 15.3 Å². The number of amides is 2. The first kappa shape index (κ1) is 13.9. The second-order valence-corrected chi connectivity index (χ2v) is 5.99. The van der Waals surface area contributed by atoms with E-state index in [-0.39, 0.29) is 6.03 Å². The molecule has 2 N–H and O–H groups in total. The van der Waals surface area contributed by atoms with E-state index < -0.39 is 11.5 Å². The van der Waals surface area contributed by atoms with Crippen LogP contribution >= 0.6 is 11.3 Å². The molecule has 0 aliphatic heterocycles. The number of carbonyl (C=O) groups is 2. The quantitative estimate of drug-likeness (QED) is 0.890. The van der Waals surface area contributed by atoms with Gasteiger partial charge in [-0.2, -0.15) is 0 Å². The Bertz CT molecular complexity index is 452. The van der Waals surface area contributed by atoms with Gasteiger partial charge in [-0.25, -0.2) is 9.59 Å². The fraction of sp³-hybridized carbons (Fsp3) is 0.538. The number of thiophene rings is 1. The van der Waals surface area contributed by atoms with Crippen LogP contribution in [0.4, 0.5) is 4.79 Å². The van der Waals surface area contributed by atoms with Crippen molar-refractivity contribution in [2.45, 2.75) is 37.8 Å². The fourth-order valence-electron chi connectivity index (χ4n) is 2.38. The molecule has 19 heavy (non-hydrogen) atoms. The zero-order valence-electron chi connectivity index (χ0n) is 10.9. The summed E-state index contributed by atoms with van der Waals surface area (Å²) < 4.78 is 0.